The van der Waals surface area contributed by atoms with Crippen molar-refractivity contribution >= 4 is 11.9 Å². The third kappa shape index (κ3) is 4.06. The number of oxazole rings is 1. The molecule has 6 nitrogen and oxygen atoms in total. The molecule has 1 aliphatic heterocycles. The third-order valence-electron chi connectivity index (χ3n) is 4.99. The van der Waals surface area contributed by atoms with Gasteiger partial charge in [-0.3, -0.25) is 4.79 Å². The Balaban J connectivity index is 1.54. The van der Waals surface area contributed by atoms with Crippen LogP contribution in [0.4, 0.5) is 0 Å². The van der Waals surface area contributed by atoms with Gasteiger partial charge in [0.25, 0.3) is 5.91 Å². The van der Waals surface area contributed by atoms with Crippen molar-refractivity contribution in [2.24, 2.45) is 0 Å². The average Bonchev–Trinajstić information content (AvgIpc) is 3.46. The number of rotatable bonds is 5. The summed E-state index contributed by atoms with van der Waals surface area (Å²) in [5.41, 5.74) is 1.74. The summed E-state index contributed by atoms with van der Waals surface area (Å²) in [6, 6.07) is 16.6. The SMILES string of the molecule is C[C@H](OC(=O)c1ccccc1-c1ncc(-c2ccccc2)o1)C(=O)N1CCCC1. The van der Waals surface area contributed by atoms with Crippen LogP contribution in [0.2, 0.25) is 0 Å². The minimum absolute atomic E-state index is 0.157. The maximum absolute atomic E-state index is 12.8. The smallest absolute Gasteiger partial charge is 0.339 e. The largest absolute Gasteiger partial charge is 0.449 e. The molecule has 1 aliphatic rings. The predicted octanol–water partition coefficient (Wildman–Crippen LogP) is 4.18. The molecule has 0 unspecified atom stereocenters. The number of nitrogens with zero attached hydrogens (tertiary/aromatic N) is 2. The Kier molecular flexibility index (Phi) is 5.42. The van der Waals surface area contributed by atoms with Crippen LogP contribution in [-0.2, 0) is 9.53 Å². The minimum Gasteiger partial charge on any atom is -0.449 e. The number of hydrogen-bond acceptors (Lipinski definition) is 5. The standard InChI is InChI=1S/C23H22N2O4/c1-16(22(26)25-13-7-8-14-25)28-23(27)19-12-6-5-11-18(19)21-24-15-20(29-21)17-9-3-2-4-10-17/h2-6,9-12,15-16H,7-8,13-14H2,1H3/t16-/m0/s1. The van der Waals surface area contributed by atoms with Gasteiger partial charge in [-0.15, -0.1) is 0 Å². The molecular weight excluding hydrogens is 368 g/mol. The lowest BCUT2D eigenvalue weighted by Crippen LogP contribution is -2.38. The van der Waals surface area contributed by atoms with Crippen molar-refractivity contribution < 1.29 is 18.7 Å². The lowest BCUT2D eigenvalue weighted by Gasteiger charge is -2.20. The Morgan fingerprint density at radius 2 is 1.72 bits per heavy atom. The van der Waals surface area contributed by atoms with Crippen molar-refractivity contribution in [2.75, 3.05) is 13.1 Å². The minimum atomic E-state index is -0.835. The topological polar surface area (TPSA) is 72.6 Å². The van der Waals surface area contributed by atoms with Gasteiger partial charge in [0.2, 0.25) is 5.89 Å². The molecule has 29 heavy (non-hydrogen) atoms. The van der Waals surface area contributed by atoms with E-state index in [1.54, 1.807) is 42.3 Å². The average molecular weight is 390 g/mol. The highest BCUT2D eigenvalue weighted by molar-refractivity contribution is 5.97. The van der Waals surface area contributed by atoms with Gasteiger partial charge in [-0.1, -0.05) is 42.5 Å². The summed E-state index contributed by atoms with van der Waals surface area (Å²) in [6.45, 7) is 3.05. The van der Waals surface area contributed by atoms with Crippen LogP contribution in [0.3, 0.4) is 0 Å². The molecule has 4 rings (SSSR count). The van der Waals surface area contributed by atoms with Crippen molar-refractivity contribution in [2.45, 2.75) is 25.9 Å². The zero-order valence-corrected chi connectivity index (χ0v) is 16.2. The molecule has 148 valence electrons. The monoisotopic (exact) mass is 390 g/mol. The summed E-state index contributed by atoms with van der Waals surface area (Å²) < 4.78 is 11.4. The molecule has 0 bridgehead atoms. The fourth-order valence-corrected chi connectivity index (χ4v) is 3.45. The first-order chi connectivity index (χ1) is 14.1. The Bertz CT molecular complexity index is 1010. The molecule has 3 aromatic rings. The molecule has 1 atom stereocenters. The number of carbonyl (C=O) groups is 2. The zero-order chi connectivity index (χ0) is 20.2. The van der Waals surface area contributed by atoms with E-state index in [9.17, 15) is 9.59 Å². The van der Waals surface area contributed by atoms with Crippen LogP contribution in [0.1, 0.15) is 30.1 Å². The number of likely N-dealkylation sites (tertiary alicyclic amines) is 1. The van der Waals surface area contributed by atoms with Gasteiger partial charge in [-0.05, 0) is 31.9 Å². The van der Waals surface area contributed by atoms with E-state index in [4.69, 9.17) is 9.15 Å². The van der Waals surface area contributed by atoms with Gasteiger partial charge in [-0.25, -0.2) is 9.78 Å². The quantitative estimate of drug-likeness (QED) is 0.611. The second kappa shape index (κ2) is 8.31. The zero-order valence-electron chi connectivity index (χ0n) is 16.2. The highest BCUT2D eigenvalue weighted by Crippen LogP contribution is 2.28. The van der Waals surface area contributed by atoms with Gasteiger partial charge in [0.15, 0.2) is 11.9 Å². The van der Waals surface area contributed by atoms with Crippen molar-refractivity contribution in [1.29, 1.82) is 0 Å². The van der Waals surface area contributed by atoms with Crippen molar-refractivity contribution in [3.63, 3.8) is 0 Å². The molecule has 1 fully saturated rings. The molecule has 0 spiro atoms. The van der Waals surface area contributed by atoms with Crippen molar-refractivity contribution in [3.8, 4) is 22.8 Å². The summed E-state index contributed by atoms with van der Waals surface area (Å²) in [7, 11) is 0. The van der Waals surface area contributed by atoms with Gasteiger partial charge >= 0.3 is 5.97 Å². The molecule has 0 aliphatic carbocycles. The Hall–Kier alpha value is -3.41. The first-order valence-corrected chi connectivity index (χ1v) is 9.74. The molecule has 1 aromatic heterocycles. The lowest BCUT2D eigenvalue weighted by atomic mass is 10.1. The number of amides is 1. The maximum atomic E-state index is 12.8. The van der Waals surface area contributed by atoms with Gasteiger partial charge in [0.1, 0.15) is 0 Å². The number of ether oxygens (including phenoxy) is 1. The molecule has 6 heteroatoms. The summed E-state index contributed by atoms with van der Waals surface area (Å²) in [4.78, 5) is 31.3. The molecule has 2 aromatic carbocycles. The van der Waals surface area contributed by atoms with Crippen LogP contribution in [0.25, 0.3) is 22.8 Å². The Morgan fingerprint density at radius 1 is 1.03 bits per heavy atom. The van der Waals surface area contributed by atoms with E-state index in [1.165, 1.54) is 0 Å². The number of carbonyl (C=O) groups excluding carboxylic acids is 2. The molecule has 0 N–H and O–H groups in total. The van der Waals surface area contributed by atoms with E-state index in [1.807, 2.05) is 30.3 Å². The Labute approximate surface area is 169 Å². The van der Waals surface area contributed by atoms with Gasteiger partial charge in [0.05, 0.1) is 17.3 Å². The van der Waals surface area contributed by atoms with E-state index >= 15 is 0 Å². The fourth-order valence-electron chi connectivity index (χ4n) is 3.45. The number of benzene rings is 2. The van der Waals surface area contributed by atoms with Crippen molar-refractivity contribution in [3.05, 3.63) is 66.4 Å². The summed E-state index contributed by atoms with van der Waals surface area (Å²) in [5, 5.41) is 0. The second-order valence-corrected chi connectivity index (χ2v) is 7.02. The molecule has 0 saturated carbocycles. The molecule has 2 heterocycles. The van der Waals surface area contributed by atoms with Crippen LogP contribution in [0.5, 0.6) is 0 Å². The number of esters is 1. The first-order valence-electron chi connectivity index (χ1n) is 9.74. The van der Waals surface area contributed by atoms with E-state index in [2.05, 4.69) is 4.98 Å². The Morgan fingerprint density at radius 3 is 2.48 bits per heavy atom. The molecular formula is C23H22N2O4. The normalized spacial score (nSPS) is 14.6. The van der Waals surface area contributed by atoms with E-state index < -0.39 is 12.1 Å². The predicted molar refractivity (Wildman–Crippen MR) is 108 cm³/mol. The summed E-state index contributed by atoms with van der Waals surface area (Å²) in [5.74, 6) is 0.215. The molecule has 1 amide bonds. The van der Waals surface area contributed by atoms with Crippen LogP contribution in [0.15, 0.2) is 65.2 Å². The van der Waals surface area contributed by atoms with Crippen LogP contribution >= 0.6 is 0 Å². The summed E-state index contributed by atoms with van der Waals surface area (Å²) in [6.07, 6.45) is 2.77. The van der Waals surface area contributed by atoms with Gasteiger partial charge in [0, 0.05) is 18.7 Å². The fraction of sp³-hybridized carbons (Fsp3) is 0.261. The van der Waals surface area contributed by atoms with Crippen molar-refractivity contribution in [1.82, 2.24) is 9.88 Å². The van der Waals surface area contributed by atoms with Crippen LogP contribution < -0.4 is 0 Å². The highest BCUT2D eigenvalue weighted by atomic mass is 16.5. The van der Waals surface area contributed by atoms with E-state index in [-0.39, 0.29) is 5.91 Å². The van der Waals surface area contributed by atoms with E-state index in [0.717, 1.165) is 31.5 Å². The van der Waals surface area contributed by atoms with Crippen LogP contribution in [0, 0.1) is 0 Å². The summed E-state index contributed by atoms with van der Waals surface area (Å²) >= 11 is 0. The maximum Gasteiger partial charge on any atom is 0.339 e. The second-order valence-electron chi connectivity index (χ2n) is 7.02. The lowest BCUT2D eigenvalue weighted by molar-refractivity contribution is -0.138. The van der Waals surface area contributed by atoms with Gasteiger partial charge < -0.3 is 14.1 Å². The number of aromatic nitrogens is 1. The molecule has 0 radical (unpaired) electrons. The van der Waals surface area contributed by atoms with E-state index in [0.29, 0.717) is 22.8 Å². The van der Waals surface area contributed by atoms with Gasteiger partial charge in [-0.2, -0.15) is 0 Å². The third-order valence-corrected chi connectivity index (χ3v) is 4.99. The number of hydrogen-bond donors (Lipinski definition) is 0. The van der Waals surface area contributed by atoms with Crippen LogP contribution in [-0.4, -0.2) is 41.0 Å². The first kappa shape index (κ1) is 18.9. The molecule has 1 saturated heterocycles. The highest BCUT2D eigenvalue weighted by Gasteiger charge is 2.27.